The van der Waals surface area contributed by atoms with E-state index in [4.69, 9.17) is 9.84 Å². The van der Waals surface area contributed by atoms with E-state index < -0.39 is 42.9 Å². The summed E-state index contributed by atoms with van der Waals surface area (Å²) in [5.74, 6) is -1.95. The summed E-state index contributed by atoms with van der Waals surface area (Å²) in [4.78, 5) is 23.2. The SMILES string of the molecule is COc1ccc(CC(=O)O)cc1-c1ccc(C(F)(F)F)cc1CN(CC(F)(F)F)C(C)=O. The van der Waals surface area contributed by atoms with Crippen molar-refractivity contribution in [2.24, 2.45) is 0 Å². The molecule has 0 aliphatic carbocycles. The van der Waals surface area contributed by atoms with Crippen molar-refractivity contribution >= 4 is 11.9 Å². The lowest BCUT2D eigenvalue weighted by molar-refractivity contribution is -0.161. The number of carbonyl (C=O) groups excluding carboxylic acids is 1. The molecule has 0 heterocycles. The van der Waals surface area contributed by atoms with Crippen molar-refractivity contribution in [3.63, 3.8) is 0 Å². The Hall–Kier alpha value is -3.24. The minimum Gasteiger partial charge on any atom is -0.496 e. The molecule has 174 valence electrons. The van der Waals surface area contributed by atoms with E-state index in [1.54, 1.807) is 0 Å². The van der Waals surface area contributed by atoms with Gasteiger partial charge in [0.2, 0.25) is 5.91 Å². The lowest BCUT2D eigenvalue weighted by Gasteiger charge is -2.25. The van der Waals surface area contributed by atoms with Crippen LogP contribution in [0.15, 0.2) is 36.4 Å². The summed E-state index contributed by atoms with van der Waals surface area (Å²) < 4.78 is 83.7. The van der Waals surface area contributed by atoms with Crippen molar-refractivity contribution in [1.29, 1.82) is 0 Å². The molecule has 32 heavy (non-hydrogen) atoms. The van der Waals surface area contributed by atoms with Crippen molar-refractivity contribution in [3.05, 3.63) is 53.1 Å². The number of carboxylic acids is 1. The van der Waals surface area contributed by atoms with Gasteiger partial charge in [0.25, 0.3) is 0 Å². The predicted molar refractivity (Wildman–Crippen MR) is 102 cm³/mol. The third-order valence-electron chi connectivity index (χ3n) is 4.52. The first-order valence-electron chi connectivity index (χ1n) is 9.12. The molecule has 0 bridgehead atoms. The van der Waals surface area contributed by atoms with Gasteiger partial charge < -0.3 is 14.7 Å². The first-order chi connectivity index (χ1) is 14.7. The molecule has 1 amide bonds. The largest absolute Gasteiger partial charge is 0.496 e. The zero-order valence-electron chi connectivity index (χ0n) is 17.0. The number of hydrogen-bond acceptors (Lipinski definition) is 3. The van der Waals surface area contributed by atoms with Crippen LogP contribution < -0.4 is 4.74 Å². The fourth-order valence-corrected chi connectivity index (χ4v) is 3.11. The first-order valence-corrected chi connectivity index (χ1v) is 9.12. The maximum absolute atomic E-state index is 13.3. The van der Waals surface area contributed by atoms with E-state index in [0.717, 1.165) is 19.1 Å². The van der Waals surface area contributed by atoms with Gasteiger partial charge >= 0.3 is 18.3 Å². The molecule has 2 aromatic carbocycles. The minimum absolute atomic E-state index is 0.0792. The number of benzene rings is 2. The van der Waals surface area contributed by atoms with Crippen molar-refractivity contribution in [1.82, 2.24) is 4.90 Å². The van der Waals surface area contributed by atoms with Crippen LogP contribution in [0.3, 0.4) is 0 Å². The van der Waals surface area contributed by atoms with E-state index in [-0.39, 0.29) is 28.9 Å². The Kier molecular flexibility index (Phi) is 7.42. The summed E-state index contributed by atoms with van der Waals surface area (Å²) in [6.07, 6.45) is -9.92. The number of amides is 1. The van der Waals surface area contributed by atoms with Crippen LogP contribution in [0.5, 0.6) is 5.75 Å². The molecular weight excluding hydrogens is 444 g/mol. The third kappa shape index (κ3) is 6.63. The van der Waals surface area contributed by atoms with Gasteiger partial charge in [-0.15, -0.1) is 0 Å². The molecule has 0 aromatic heterocycles. The Balaban J connectivity index is 2.67. The molecule has 2 aromatic rings. The zero-order chi connectivity index (χ0) is 24.3. The molecule has 2 rings (SSSR count). The lowest BCUT2D eigenvalue weighted by Crippen LogP contribution is -2.37. The summed E-state index contributed by atoms with van der Waals surface area (Å²) in [7, 11) is 1.28. The van der Waals surface area contributed by atoms with E-state index in [0.29, 0.717) is 16.5 Å². The number of alkyl halides is 6. The Labute approximate surface area is 179 Å². The van der Waals surface area contributed by atoms with E-state index in [1.165, 1.54) is 25.3 Å². The molecule has 0 aliphatic rings. The van der Waals surface area contributed by atoms with Gasteiger partial charge in [0.05, 0.1) is 19.1 Å². The summed E-state index contributed by atoms with van der Waals surface area (Å²) in [5, 5.41) is 9.02. The molecule has 0 saturated carbocycles. The molecule has 0 fully saturated rings. The van der Waals surface area contributed by atoms with Crippen LogP contribution in [0.1, 0.15) is 23.6 Å². The smallest absolute Gasteiger partial charge is 0.416 e. The molecule has 1 N–H and O–H groups in total. The van der Waals surface area contributed by atoms with Gasteiger partial charge in [-0.1, -0.05) is 12.1 Å². The number of rotatable bonds is 7. The van der Waals surface area contributed by atoms with Gasteiger partial charge in [0.1, 0.15) is 12.3 Å². The summed E-state index contributed by atoms with van der Waals surface area (Å²) >= 11 is 0. The number of aliphatic carboxylic acids is 1. The molecule has 0 radical (unpaired) electrons. The van der Waals surface area contributed by atoms with E-state index >= 15 is 0 Å². The Morgan fingerprint density at radius 2 is 1.66 bits per heavy atom. The van der Waals surface area contributed by atoms with Crippen LogP contribution in [0, 0.1) is 0 Å². The molecule has 0 aliphatic heterocycles. The van der Waals surface area contributed by atoms with Gasteiger partial charge in [-0.3, -0.25) is 9.59 Å². The second-order valence-electron chi connectivity index (χ2n) is 6.97. The number of hydrogen-bond donors (Lipinski definition) is 1. The lowest BCUT2D eigenvalue weighted by atomic mass is 9.94. The fourth-order valence-electron chi connectivity index (χ4n) is 3.11. The Morgan fingerprint density at radius 1 is 1.00 bits per heavy atom. The minimum atomic E-state index is -4.77. The van der Waals surface area contributed by atoms with Crippen molar-refractivity contribution < 1.29 is 45.8 Å². The monoisotopic (exact) mass is 463 g/mol. The topological polar surface area (TPSA) is 66.8 Å². The molecular formula is C21H19F6NO4. The average molecular weight is 463 g/mol. The summed E-state index contributed by atoms with van der Waals surface area (Å²) in [6.45, 7) is -1.51. The van der Waals surface area contributed by atoms with Gasteiger partial charge in [-0.25, -0.2) is 0 Å². The van der Waals surface area contributed by atoms with Gasteiger partial charge in [0, 0.05) is 19.0 Å². The molecule has 0 unspecified atom stereocenters. The number of halogens is 6. The highest BCUT2D eigenvalue weighted by Gasteiger charge is 2.34. The van der Waals surface area contributed by atoms with Crippen LogP contribution in [0.2, 0.25) is 0 Å². The molecule has 0 spiro atoms. The summed E-state index contributed by atoms with van der Waals surface area (Å²) in [6, 6.07) is 6.72. The fraction of sp³-hybridized carbons (Fsp3) is 0.333. The van der Waals surface area contributed by atoms with E-state index in [2.05, 4.69) is 0 Å². The third-order valence-corrected chi connectivity index (χ3v) is 4.52. The number of nitrogens with zero attached hydrogens (tertiary/aromatic N) is 1. The highest BCUT2D eigenvalue weighted by Crippen LogP contribution is 2.38. The molecule has 11 heteroatoms. The number of methoxy groups -OCH3 is 1. The van der Waals surface area contributed by atoms with Crippen molar-refractivity contribution in [3.8, 4) is 16.9 Å². The second kappa shape index (κ2) is 9.49. The maximum Gasteiger partial charge on any atom is 0.416 e. The van der Waals surface area contributed by atoms with E-state index in [9.17, 15) is 35.9 Å². The standard InChI is InChI=1S/C21H19F6NO4/c1-12(29)28(11-20(22,23)24)10-14-9-15(21(25,26)27)4-5-16(14)17-7-13(8-19(30)31)3-6-18(17)32-2/h3-7,9H,8,10-11H2,1-2H3,(H,30,31). The van der Waals surface area contributed by atoms with Crippen LogP contribution >= 0.6 is 0 Å². The second-order valence-corrected chi connectivity index (χ2v) is 6.97. The van der Waals surface area contributed by atoms with Gasteiger partial charge in [-0.2, -0.15) is 26.3 Å². The number of carbonyl (C=O) groups is 2. The van der Waals surface area contributed by atoms with Crippen LogP contribution in [0.4, 0.5) is 26.3 Å². The Bertz CT molecular complexity index is 1000. The van der Waals surface area contributed by atoms with Crippen molar-refractivity contribution in [2.45, 2.75) is 32.2 Å². The Morgan fingerprint density at radius 3 is 2.16 bits per heavy atom. The highest BCUT2D eigenvalue weighted by molar-refractivity contribution is 5.78. The van der Waals surface area contributed by atoms with Crippen molar-refractivity contribution in [2.75, 3.05) is 13.7 Å². The average Bonchev–Trinajstić information content (AvgIpc) is 2.65. The van der Waals surface area contributed by atoms with Crippen LogP contribution in [-0.4, -0.2) is 41.7 Å². The van der Waals surface area contributed by atoms with Gasteiger partial charge in [0.15, 0.2) is 0 Å². The predicted octanol–water partition coefficient (Wildman–Crippen LogP) is 4.92. The quantitative estimate of drug-likeness (QED) is 0.592. The summed E-state index contributed by atoms with van der Waals surface area (Å²) in [5.41, 5.74) is -0.740. The van der Waals surface area contributed by atoms with Crippen LogP contribution in [-0.2, 0) is 28.7 Å². The highest BCUT2D eigenvalue weighted by atomic mass is 19.4. The van der Waals surface area contributed by atoms with Gasteiger partial charge in [-0.05, 0) is 41.0 Å². The van der Waals surface area contributed by atoms with E-state index in [1.807, 2.05) is 0 Å². The maximum atomic E-state index is 13.3. The van der Waals surface area contributed by atoms with Crippen LogP contribution in [0.25, 0.3) is 11.1 Å². The zero-order valence-corrected chi connectivity index (χ0v) is 17.0. The molecule has 5 nitrogen and oxygen atoms in total. The number of ether oxygens (including phenoxy) is 1. The number of carboxylic acid groups (broad SMARTS) is 1. The molecule has 0 atom stereocenters. The molecule has 0 saturated heterocycles. The first kappa shape index (κ1) is 25.0. The normalized spacial score (nSPS) is 11.9.